The molecule has 1 fully saturated rings. The van der Waals surface area contributed by atoms with Crippen molar-refractivity contribution in [1.29, 1.82) is 0 Å². The molecule has 0 aliphatic carbocycles. The molecule has 1 aliphatic rings. The number of aryl methyl sites for hydroxylation is 2. The van der Waals surface area contributed by atoms with Crippen molar-refractivity contribution in [3.8, 4) is 0 Å². The van der Waals surface area contributed by atoms with Crippen molar-refractivity contribution in [2.75, 3.05) is 11.4 Å². The van der Waals surface area contributed by atoms with Gasteiger partial charge in [0.25, 0.3) is 5.91 Å². The molecule has 15 heavy (non-hydrogen) atoms. The fourth-order valence-electron chi connectivity index (χ4n) is 1.55. The Morgan fingerprint density at radius 2 is 2.07 bits per heavy atom. The Hall–Kier alpha value is -1.42. The molecule has 1 aliphatic heterocycles. The molecule has 78 valence electrons. The number of benzene rings is 1. The van der Waals surface area contributed by atoms with Gasteiger partial charge in [0.2, 0.25) is 0 Å². The van der Waals surface area contributed by atoms with E-state index in [1.807, 2.05) is 32.0 Å². The molecule has 0 unspecified atom stereocenters. The molecule has 0 bridgehead atoms. The maximum absolute atomic E-state index is 11.6. The summed E-state index contributed by atoms with van der Waals surface area (Å²) in [6, 6.07) is 5.89. The largest absolute Gasteiger partial charge is 0.353 e. The number of rotatable bonds is 1. The van der Waals surface area contributed by atoms with Crippen molar-refractivity contribution in [2.45, 2.75) is 13.8 Å². The number of amides is 1. The third kappa shape index (κ3) is 1.72. The Bertz CT molecular complexity index is 426. The first-order valence-corrected chi connectivity index (χ1v) is 5.18. The average molecular weight is 220 g/mol. The van der Waals surface area contributed by atoms with Gasteiger partial charge in [-0.15, -0.1) is 0 Å². The molecule has 1 N–H and O–H groups in total. The molecule has 0 radical (unpaired) electrons. The van der Waals surface area contributed by atoms with Crippen LogP contribution in [0.5, 0.6) is 0 Å². The van der Waals surface area contributed by atoms with Crippen LogP contribution in [-0.4, -0.2) is 17.6 Å². The first kappa shape index (κ1) is 10.1. The van der Waals surface area contributed by atoms with Crippen LogP contribution in [0.25, 0.3) is 0 Å². The van der Waals surface area contributed by atoms with E-state index in [-0.39, 0.29) is 5.91 Å². The first-order chi connectivity index (χ1) is 7.09. The summed E-state index contributed by atoms with van der Waals surface area (Å²) in [5.41, 5.74) is 3.22. The van der Waals surface area contributed by atoms with Gasteiger partial charge in [-0.05, 0) is 49.3 Å². The maximum Gasteiger partial charge on any atom is 0.252 e. The Morgan fingerprint density at radius 1 is 1.33 bits per heavy atom. The molecule has 1 heterocycles. The van der Waals surface area contributed by atoms with Gasteiger partial charge >= 0.3 is 0 Å². The van der Waals surface area contributed by atoms with Gasteiger partial charge in [-0.3, -0.25) is 9.69 Å². The Kier molecular flexibility index (Phi) is 2.44. The topological polar surface area (TPSA) is 32.3 Å². The molecule has 0 spiro atoms. The third-order valence-electron chi connectivity index (χ3n) is 2.59. The molecule has 0 aromatic heterocycles. The molecular weight excluding hydrogens is 208 g/mol. The van der Waals surface area contributed by atoms with Crippen molar-refractivity contribution in [3.63, 3.8) is 0 Å². The van der Waals surface area contributed by atoms with E-state index in [1.165, 1.54) is 5.56 Å². The normalized spacial score (nSPS) is 15.7. The van der Waals surface area contributed by atoms with Crippen molar-refractivity contribution >= 4 is 28.9 Å². The lowest BCUT2D eigenvalue weighted by molar-refractivity contribution is -0.115. The number of nitrogens with one attached hydrogen (secondary N) is 1. The summed E-state index contributed by atoms with van der Waals surface area (Å²) in [6.07, 6.45) is 0. The minimum absolute atomic E-state index is 0.00301. The van der Waals surface area contributed by atoms with Crippen LogP contribution < -0.4 is 10.2 Å². The van der Waals surface area contributed by atoms with E-state index < -0.39 is 0 Å². The summed E-state index contributed by atoms with van der Waals surface area (Å²) in [7, 11) is 0. The van der Waals surface area contributed by atoms with Crippen LogP contribution in [0, 0.1) is 13.8 Å². The van der Waals surface area contributed by atoms with E-state index >= 15 is 0 Å². The molecular formula is C11H12N2OS. The quantitative estimate of drug-likeness (QED) is 0.728. The van der Waals surface area contributed by atoms with Gasteiger partial charge in [0.15, 0.2) is 5.11 Å². The van der Waals surface area contributed by atoms with E-state index in [4.69, 9.17) is 12.2 Å². The van der Waals surface area contributed by atoms with Gasteiger partial charge in [-0.2, -0.15) is 0 Å². The molecule has 1 aromatic carbocycles. The van der Waals surface area contributed by atoms with Crippen molar-refractivity contribution in [3.05, 3.63) is 29.3 Å². The van der Waals surface area contributed by atoms with Crippen LogP contribution >= 0.6 is 12.2 Å². The zero-order valence-electron chi connectivity index (χ0n) is 8.70. The number of nitrogens with zero attached hydrogens (tertiary/aromatic N) is 1. The SMILES string of the molecule is Cc1ccc(N2C(=O)CNC2=S)cc1C. The lowest BCUT2D eigenvalue weighted by Gasteiger charge is -2.15. The van der Waals surface area contributed by atoms with Gasteiger partial charge < -0.3 is 5.32 Å². The number of carbonyl (C=O) groups is 1. The summed E-state index contributed by atoms with van der Waals surface area (Å²) in [5.74, 6) is 0.00301. The van der Waals surface area contributed by atoms with Crippen molar-refractivity contribution < 1.29 is 4.79 Å². The number of anilines is 1. The third-order valence-corrected chi connectivity index (χ3v) is 2.92. The minimum atomic E-state index is 0.00301. The Labute approximate surface area is 94.1 Å². The second-order valence-electron chi connectivity index (χ2n) is 3.66. The Balaban J connectivity index is 2.41. The van der Waals surface area contributed by atoms with Crippen LogP contribution in [0.1, 0.15) is 11.1 Å². The Morgan fingerprint density at radius 3 is 2.60 bits per heavy atom. The molecule has 4 heteroatoms. The molecule has 2 rings (SSSR count). The first-order valence-electron chi connectivity index (χ1n) is 4.77. The van der Waals surface area contributed by atoms with Crippen molar-refractivity contribution in [1.82, 2.24) is 5.32 Å². The number of carbonyl (C=O) groups excluding carboxylic acids is 1. The van der Waals surface area contributed by atoms with Crippen LogP contribution in [0.2, 0.25) is 0 Å². The second kappa shape index (κ2) is 3.62. The van der Waals surface area contributed by atoms with Gasteiger partial charge in [-0.1, -0.05) is 6.07 Å². The lowest BCUT2D eigenvalue weighted by Crippen LogP contribution is -2.30. The molecule has 3 nitrogen and oxygen atoms in total. The van der Waals surface area contributed by atoms with Crippen LogP contribution in [0.4, 0.5) is 5.69 Å². The standard InChI is InChI=1S/C11H12N2OS/c1-7-3-4-9(5-8(7)2)13-10(14)6-12-11(13)15/h3-5H,6H2,1-2H3,(H,12,15). The van der Waals surface area contributed by atoms with Crippen LogP contribution in [0.15, 0.2) is 18.2 Å². The summed E-state index contributed by atoms with van der Waals surface area (Å²) in [5, 5.41) is 3.35. The number of hydrogen-bond acceptors (Lipinski definition) is 2. The highest BCUT2D eigenvalue weighted by Gasteiger charge is 2.26. The minimum Gasteiger partial charge on any atom is -0.353 e. The van der Waals surface area contributed by atoms with Gasteiger partial charge in [0.1, 0.15) is 0 Å². The van der Waals surface area contributed by atoms with E-state index in [2.05, 4.69) is 5.32 Å². The van der Waals surface area contributed by atoms with E-state index in [0.717, 1.165) is 11.3 Å². The molecule has 0 atom stereocenters. The zero-order valence-corrected chi connectivity index (χ0v) is 9.52. The fraction of sp³-hybridized carbons (Fsp3) is 0.273. The molecule has 1 saturated heterocycles. The highest BCUT2D eigenvalue weighted by molar-refractivity contribution is 7.80. The summed E-state index contributed by atoms with van der Waals surface area (Å²) in [4.78, 5) is 13.1. The molecule has 0 saturated carbocycles. The molecule has 1 aromatic rings. The second-order valence-corrected chi connectivity index (χ2v) is 4.04. The highest BCUT2D eigenvalue weighted by Crippen LogP contribution is 2.20. The van der Waals surface area contributed by atoms with E-state index in [9.17, 15) is 4.79 Å². The number of thiocarbonyl (C=S) groups is 1. The van der Waals surface area contributed by atoms with Crippen molar-refractivity contribution in [2.24, 2.45) is 0 Å². The number of hydrogen-bond donors (Lipinski definition) is 1. The summed E-state index contributed by atoms with van der Waals surface area (Å²) in [6.45, 7) is 4.36. The summed E-state index contributed by atoms with van der Waals surface area (Å²) < 4.78 is 0. The highest BCUT2D eigenvalue weighted by atomic mass is 32.1. The van der Waals surface area contributed by atoms with Gasteiger partial charge in [0.05, 0.1) is 12.2 Å². The van der Waals surface area contributed by atoms with Crippen LogP contribution in [0.3, 0.4) is 0 Å². The summed E-state index contributed by atoms with van der Waals surface area (Å²) >= 11 is 5.07. The average Bonchev–Trinajstić information content (AvgIpc) is 2.52. The smallest absolute Gasteiger partial charge is 0.252 e. The van der Waals surface area contributed by atoms with E-state index in [0.29, 0.717) is 11.7 Å². The van der Waals surface area contributed by atoms with E-state index in [1.54, 1.807) is 4.90 Å². The van der Waals surface area contributed by atoms with Gasteiger partial charge in [0, 0.05) is 0 Å². The predicted molar refractivity (Wildman–Crippen MR) is 64.0 cm³/mol. The maximum atomic E-state index is 11.6. The lowest BCUT2D eigenvalue weighted by atomic mass is 10.1. The predicted octanol–water partition coefficient (Wildman–Crippen LogP) is 1.52. The molecule has 1 amide bonds. The monoisotopic (exact) mass is 220 g/mol. The van der Waals surface area contributed by atoms with Crippen LogP contribution in [-0.2, 0) is 4.79 Å². The fourth-order valence-corrected chi connectivity index (χ4v) is 1.83. The van der Waals surface area contributed by atoms with Gasteiger partial charge in [-0.25, -0.2) is 0 Å². The zero-order chi connectivity index (χ0) is 11.0.